The zero-order chi connectivity index (χ0) is 12.7. The van der Waals surface area contributed by atoms with Gasteiger partial charge in [-0.2, -0.15) is 0 Å². The molecule has 2 nitrogen and oxygen atoms in total. The molecule has 0 aliphatic rings. The largest absolute Gasteiger partial charge is 0.454 e. The number of fused-ring (bicyclic) bond motifs is 1. The molecule has 4 heteroatoms. The highest BCUT2D eigenvalue weighted by Crippen LogP contribution is 2.33. The highest BCUT2D eigenvalue weighted by molar-refractivity contribution is 7.20. The van der Waals surface area contributed by atoms with Crippen LogP contribution in [0.5, 0.6) is 0 Å². The van der Waals surface area contributed by atoms with Crippen molar-refractivity contribution in [1.82, 2.24) is 4.98 Å². The highest BCUT2D eigenvalue weighted by atomic mass is 32.1. The van der Waals surface area contributed by atoms with Gasteiger partial charge in [-0.1, -0.05) is 24.3 Å². The molecular formula is C15H9NOS2. The van der Waals surface area contributed by atoms with Crippen LogP contribution < -0.4 is 0 Å². The molecule has 4 rings (SSSR count). The normalized spacial score (nSPS) is 11.2. The molecule has 0 amide bonds. The Morgan fingerprint density at radius 1 is 1.00 bits per heavy atom. The van der Waals surface area contributed by atoms with Gasteiger partial charge in [0.05, 0.1) is 4.88 Å². The van der Waals surface area contributed by atoms with Crippen LogP contribution in [0.4, 0.5) is 0 Å². The van der Waals surface area contributed by atoms with E-state index in [9.17, 15) is 0 Å². The maximum Gasteiger partial charge on any atom is 0.154 e. The maximum atomic E-state index is 5.83. The smallest absolute Gasteiger partial charge is 0.154 e. The van der Waals surface area contributed by atoms with Crippen molar-refractivity contribution in [1.29, 1.82) is 0 Å². The van der Waals surface area contributed by atoms with E-state index in [4.69, 9.17) is 4.42 Å². The molecule has 0 radical (unpaired) electrons. The van der Waals surface area contributed by atoms with Gasteiger partial charge in [-0.25, -0.2) is 4.98 Å². The van der Waals surface area contributed by atoms with Gasteiger partial charge in [-0.05, 0) is 23.6 Å². The van der Waals surface area contributed by atoms with Crippen LogP contribution in [-0.2, 0) is 0 Å². The second-order valence-electron chi connectivity index (χ2n) is 4.16. The molecule has 92 valence electrons. The lowest BCUT2D eigenvalue weighted by molar-refractivity contribution is 0.629. The predicted molar refractivity (Wildman–Crippen MR) is 80.6 cm³/mol. The first-order valence-corrected chi connectivity index (χ1v) is 7.64. The number of thiophene rings is 1. The van der Waals surface area contributed by atoms with Crippen molar-refractivity contribution in [2.75, 3.05) is 0 Å². The van der Waals surface area contributed by atoms with Crippen LogP contribution in [0.25, 0.3) is 32.3 Å². The lowest BCUT2D eigenvalue weighted by Gasteiger charge is -1.89. The fourth-order valence-electron chi connectivity index (χ4n) is 2.01. The van der Waals surface area contributed by atoms with Crippen LogP contribution >= 0.6 is 22.7 Å². The second-order valence-corrected chi connectivity index (χ2v) is 5.97. The molecule has 0 atom stereocenters. The van der Waals surface area contributed by atoms with Gasteiger partial charge in [0.15, 0.2) is 5.76 Å². The number of rotatable bonds is 2. The van der Waals surface area contributed by atoms with Gasteiger partial charge < -0.3 is 4.42 Å². The Kier molecular flexibility index (Phi) is 2.50. The van der Waals surface area contributed by atoms with Crippen LogP contribution in [0.15, 0.2) is 57.6 Å². The van der Waals surface area contributed by atoms with E-state index >= 15 is 0 Å². The van der Waals surface area contributed by atoms with Crippen molar-refractivity contribution < 1.29 is 4.42 Å². The number of nitrogens with zero attached hydrogens (tertiary/aromatic N) is 1. The lowest BCUT2D eigenvalue weighted by atomic mass is 10.2. The standard InChI is InChI=1S/C15H9NOS2/c1-2-5-12-10(4-1)8-13(17-12)11-9-19-15(16-11)14-6-3-7-18-14/h1-9H. The van der Waals surface area contributed by atoms with E-state index in [0.717, 1.165) is 27.4 Å². The van der Waals surface area contributed by atoms with Crippen molar-refractivity contribution in [2.24, 2.45) is 0 Å². The van der Waals surface area contributed by atoms with Crippen molar-refractivity contribution in [2.45, 2.75) is 0 Å². The molecule has 0 spiro atoms. The molecule has 0 saturated heterocycles. The van der Waals surface area contributed by atoms with Gasteiger partial charge in [0.2, 0.25) is 0 Å². The van der Waals surface area contributed by atoms with E-state index in [0.29, 0.717) is 0 Å². The molecule has 0 aliphatic heterocycles. The molecule has 0 bridgehead atoms. The van der Waals surface area contributed by atoms with Crippen molar-refractivity contribution in [3.8, 4) is 21.3 Å². The SMILES string of the molecule is c1csc(-c2nc(-c3cc4ccccc4o3)cs2)c1. The molecule has 3 heterocycles. The number of para-hydroxylation sites is 1. The fraction of sp³-hybridized carbons (Fsp3) is 0. The number of thiazole rings is 1. The lowest BCUT2D eigenvalue weighted by Crippen LogP contribution is -1.73. The molecule has 0 N–H and O–H groups in total. The summed E-state index contributed by atoms with van der Waals surface area (Å²) in [6.45, 7) is 0. The van der Waals surface area contributed by atoms with E-state index in [2.05, 4.69) is 22.5 Å². The van der Waals surface area contributed by atoms with Gasteiger partial charge in [-0.3, -0.25) is 0 Å². The number of aromatic nitrogens is 1. The third kappa shape index (κ3) is 1.89. The van der Waals surface area contributed by atoms with E-state index < -0.39 is 0 Å². The van der Waals surface area contributed by atoms with Gasteiger partial charge >= 0.3 is 0 Å². The summed E-state index contributed by atoms with van der Waals surface area (Å²) in [4.78, 5) is 5.85. The number of hydrogen-bond donors (Lipinski definition) is 0. The zero-order valence-electron chi connectivity index (χ0n) is 9.87. The molecule has 4 aromatic rings. The third-order valence-electron chi connectivity index (χ3n) is 2.91. The van der Waals surface area contributed by atoms with Crippen LogP contribution in [0, 0.1) is 0 Å². The molecule has 0 fully saturated rings. The summed E-state index contributed by atoms with van der Waals surface area (Å²) in [5.41, 5.74) is 1.81. The first-order chi connectivity index (χ1) is 9.40. The number of furan rings is 1. The minimum absolute atomic E-state index is 0.834. The van der Waals surface area contributed by atoms with Crippen LogP contribution in [0.3, 0.4) is 0 Å². The van der Waals surface area contributed by atoms with Crippen molar-refractivity contribution >= 4 is 33.6 Å². The Balaban J connectivity index is 1.80. The van der Waals surface area contributed by atoms with Crippen LogP contribution in [0.1, 0.15) is 0 Å². The van der Waals surface area contributed by atoms with Gasteiger partial charge in [0.25, 0.3) is 0 Å². The average Bonchev–Trinajstić information content (AvgIpc) is 3.17. The summed E-state index contributed by atoms with van der Waals surface area (Å²) in [7, 11) is 0. The zero-order valence-corrected chi connectivity index (χ0v) is 11.5. The van der Waals surface area contributed by atoms with Gasteiger partial charge in [0, 0.05) is 10.8 Å². The molecular weight excluding hydrogens is 274 g/mol. The predicted octanol–water partition coefficient (Wildman–Crippen LogP) is 5.28. The Morgan fingerprint density at radius 2 is 1.95 bits per heavy atom. The number of hydrogen-bond acceptors (Lipinski definition) is 4. The minimum Gasteiger partial charge on any atom is -0.454 e. The fourth-order valence-corrected chi connectivity index (χ4v) is 3.63. The molecule has 0 saturated carbocycles. The third-order valence-corrected chi connectivity index (χ3v) is 4.80. The molecule has 3 aromatic heterocycles. The summed E-state index contributed by atoms with van der Waals surface area (Å²) >= 11 is 3.36. The first-order valence-electron chi connectivity index (χ1n) is 5.88. The summed E-state index contributed by atoms with van der Waals surface area (Å²) in [6.07, 6.45) is 0. The number of benzene rings is 1. The summed E-state index contributed by atoms with van der Waals surface area (Å²) < 4.78 is 5.83. The molecule has 19 heavy (non-hydrogen) atoms. The highest BCUT2D eigenvalue weighted by Gasteiger charge is 2.11. The summed E-state index contributed by atoms with van der Waals surface area (Å²) in [5.74, 6) is 0.834. The molecule has 1 aromatic carbocycles. The van der Waals surface area contributed by atoms with Crippen molar-refractivity contribution in [3.63, 3.8) is 0 Å². The average molecular weight is 283 g/mol. The Hall–Kier alpha value is -1.91. The van der Waals surface area contributed by atoms with Gasteiger partial charge in [-0.15, -0.1) is 22.7 Å². The maximum absolute atomic E-state index is 5.83. The first kappa shape index (κ1) is 11.0. The summed E-state index contributed by atoms with van der Waals surface area (Å²) in [6, 6.07) is 14.2. The monoisotopic (exact) mass is 283 g/mol. The second kappa shape index (κ2) is 4.33. The molecule has 0 aliphatic carbocycles. The molecule has 0 unspecified atom stereocenters. The Labute approximate surface area is 118 Å². The topological polar surface area (TPSA) is 26.0 Å². The van der Waals surface area contributed by atoms with Crippen LogP contribution in [-0.4, -0.2) is 4.98 Å². The van der Waals surface area contributed by atoms with E-state index in [1.165, 1.54) is 4.88 Å². The van der Waals surface area contributed by atoms with E-state index in [1.807, 2.05) is 35.7 Å². The van der Waals surface area contributed by atoms with E-state index in [1.54, 1.807) is 22.7 Å². The summed E-state index contributed by atoms with van der Waals surface area (Å²) in [5, 5.41) is 6.28. The van der Waals surface area contributed by atoms with E-state index in [-0.39, 0.29) is 0 Å². The van der Waals surface area contributed by atoms with Gasteiger partial charge in [0.1, 0.15) is 16.3 Å². The Bertz CT molecular complexity index is 794. The van der Waals surface area contributed by atoms with Crippen LogP contribution in [0.2, 0.25) is 0 Å². The minimum atomic E-state index is 0.834. The van der Waals surface area contributed by atoms with Crippen molar-refractivity contribution in [3.05, 3.63) is 53.2 Å². The Morgan fingerprint density at radius 3 is 2.79 bits per heavy atom. The quantitative estimate of drug-likeness (QED) is 0.500.